The van der Waals surface area contributed by atoms with E-state index in [1.165, 1.54) is 10.4 Å². The van der Waals surface area contributed by atoms with E-state index in [0.29, 0.717) is 11.6 Å². The highest BCUT2D eigenvalue weighted by molar-refractivity contribution is 5.78. The normalized spacial score (nSPS) is 14.7. The molecule has 0 atom stereocenters. The second kappa shape index (κ2) is 8.83. The SMILES string of the molecule is Cn1nnc(-c2ccc(OCC(=O)N3CCN(Cc4ccccc4)CC3)cc2)n1. The van der Waals surface area contributed by atoms with Crippen molar-refractivity contribution in [1.82, 2.24) is 30.0 Å². The van der Waals surface area contributed by atoms with Crippen LogP contribution in [0.5, 0.6) is 5.75 Å². The van der Waals surface area contributed by atoms with E-state index in [1.807, 2.05) is 35.2 Å². The summed E-state index contributed by atoms with van der Waals surface area (Å²) in [5.74, 6) is 1.22. The number of nitrogens with zero attached hydrogens (tertiary/aromatic N) is 6. The van der Waals surface area contributed by atoms with Crippen LogP contribution in [0.25, 0.3) is 11.4 Å². The van der Waals surface area contributed by atoms with Gasteiger partial charge in [0.1, 0.15) is 5.75 Å². The molecule has 29 heavy (non-hydrogen) atoms. The maximum absolute atomic E-state index is 12.5. The first-order valence-corrected chi connectivity index (χ1v) is 9.69. The van der Waals surface area contributed by atoms with Gasteiger partial charge in [0, 0.05) is 38.3 Å². The number of ether oxygens (including phenoxy) is 1. The molecule has 3 aromatic rings. The van der Waals surface area contributed by atoms with Crippen LogP contribution in [0.4, 0.5) is 0 Å². The third-order valence-corrected chi connectivity index (χ3v) is 4.96. The number of hydrogen-bond acceptors (Lipinski definition) is 6. The summed E-state index contributed by atoms with van der Waals surface area (Å²) >= 11 is 0. The summed E-state index contributed by atoms with van der Waals surface area (Å²) in [5, 5.41) is 12.0. The molecule has 0 bridgehead atoms. The molecule has 0 spiro atoms. The molecule has 0 unspecified atom stereocenters. The van der Waals surface area contributed by atoms with Crippen molar-refractivity contribution in [2.75, 3.05) is 32.8 Å². The molecule has 1 saturated heterocycles. The molecule has 2 heterocycles. The molecule has 1 fully saturated rings. The summed E-state index contributed by atoms with van der Waals surface area (Å²) in [6.45, 7) is 4.17. The molecule has 0 radical (unpaired) electrons. The van der Waals surface area contributed by atoms with Crippen molar-refractivity contribution in [3.63, 3.8) is 0 Å². The van der Waals surface area contributed by atoms with E-state index in [1.54, 1.807) is 7.05 Å². The Morgan fingerprint density at radius 2 is 1.72 bits per heavy atom. The molecule has 8 nitrogen and oxygen atoms in total. The first-order valence-electron chi connectivity index (χ1n) is 9.69. The van der Waals surface area contributed by atoms with Crippen LogP contribution in [-0.2, 0) is 18.4 Å². The lowest BCUT2D eigenvalue weighted by atomic mass is 10.2. The third kappa shape index (κ3) is 4.97. The average Bonchev–Trinajstić information content (AvgIpc) is 3.20. The van der Waals surface area contributed by atoms with Crippen LogP contribution in [0.15, 0.2) is 54.6 Å². The molecule has 1 amide bonds. The fourth-order valence-corrected chi connectivity index (χ4v) is 3.33. The van der Waals surface area contributed by atoms with E-state index >= 15 is 0 Å². The van der Waals surface area contributed by atoms with E-state index in [-0.39, 0.29) is 12.5 Å². The van der Waals surface area contributed by atoms with Crippen molar-refractivity contribution >= 4 is 5.91 Å². The van der Waals surface area contributed by atoms with Crippen LogP contribution >= 0.6 is 0 Å². The fraction of sp³-hybridized carbons (Fsp3) is 0.333. The van der Waals surface area contributed by atoms with Crippen molar-refractivity contribution in [3.05, 3.63) is 60.2 Å². The van der Waals surface area contributed by atoms with E-state index in [0.717, 1.165) is 38.3 Å². The number of rotatable bonds is 6. The fourth-order valence-electron chi connectivity index (χ4n) is 3.33. The summed E-state index contributed by atoms with van der Waals surface area (Å²) in [7, 11) is 1.72. The smallest absolute Gasteiger partial charge is 0.260 e. The Bertz CT molecular complexity index is 933. The lowest BCUT2D eigenvalue weighted by molar-refractivity contribution is -0.135. The van der Waals surface area contributed by atoms with Crippen LogP contribution in [0.1, 0.15) is 5.56 Å². The Morgan fingerprint density at radius 3 is 2.38 bits per heavy atom. The van der Waals surface area contributed by atoms with Gasteiger partial charge in [0.15, 0.2) is 6.61 Å². The lowest BCUT2D eigenvalue weighted by Gasteiger charge is -2.34. The van der Waals surface area contributed by atoms with Crippen molar-refractivity contribution in [1.29, 1.82) is 0 Å². The minimum Gasteiger partial charge on any atom is -0.484 e. The number of amides is 1. The number of carbonyl (C=O) groups is 1. The van der Waals surface area contributed by atoms with Crippen LogP contribution in [0.2, 0.25) is 0 Å². The van der Waals surface area contributed by atoms with Gasteiger partial charge in [0.05, 0.1) is 7.05 Å². The van der Waals surface area contributed by atoms with E-state index < -0.39 is 0 Å². The first-order chi connectivity index (χ1) is 14.2. The second-order valence-corrected chi connectivity index (χ2v) is 7.06. The van der Waals surface area contributed by atoms with Gasteiger partial charge in [-0.3, -0.25) is 9.69 Å². The zero-order valence-corrected chi connectivity index (χ0v) is 16.4. The van der Waals surface area contributed by atoms with Crippen LogP contribution in [-0.4, -0.2) is 68.7 Å². The summed E-state index contributed by atoms with van der Waals surface area (Å²) in [6.07, 6.45) is 0. The Balaban J connectivity index is 1.23. The van der Waals surface area contributed by atoms with E-state index in [9.17, 15) is 4.79 Å². The van der Waals surface area contributed by atoms with Gasteiger partial charge in [0.25, 0.3) is 5.91 Å². The number of piperazine rings is 1. The molecular weight excluding hydrogens is 368 g/mol. The Labute approximate surface area is 169 Å². The Hall–Kier alpha value is -3.26. The van der Waals surface area contributed by atoms with Crippen molar-refractivity contribution < 1.29 is 9.53 Å². The Morgan fingerprint density at radius 1 is 1.00 bits per heavy atom. The summed E-state index contributed by atoms with van der Waals surface area (Å²) in [4.78, 5) is 18.1. The number of aryl methyl sites for hydroxylation is 1. The molecule has 4 rings (SSSR count). The number of benzene rings is 2. The maximum Gasteiger partial charge on any atom is 0.260 e. The third-order valence-electron chi connectivity index (χ3n) is 4.96. The average molecular weight is 392 g/mol. The highest BCUT2D eigenvalue weighted by atomic mass is 16.5. The van der Waals surface area contributed by atoms with Gasteiger partial charge in [-0.25, -0.2) is 0 Å². The van der Waals surface area contributed by atoms with Crippen LogP contribution < -0.4 is 4.74 Å². The quantitative estimate of drug-likeness (QED) is 0.634. The minimum atomic E-state index is 0.0176. The van der Waals surface area contributed by atoms with Crippen molar-refractivity contribution in [2.45, 2.75) is 6.54 Å². The molecule has 1 aliphatic heterocycles. The highest BCUT2D eigenvalue weighted by Crippen LogP contribution is 2.18. The molecule has 1 aliphatic rings. The van der Waals surface area contributed by atoms with Gasteiger partial charge >= 0.3 is 0 Å². The van der Waals surface area contributed by atoms with E-state index in [4.69, 9.17) is 4.74 Å². The largest absolute Gasteiger partial charge is 0.484 e. The highest BCUT2D eigenvalue weighted by Gasteiger charge is 2.21. The standard InChI is InChI=1S/C21H24N6O2/c1-25-23-21(22-24-25)18-7-9-19(10-8-18)29-16-20(28)27-13-11-26(12-14-27)15-17-5-3-2-4-6-17/h2-10H,11-16H2,1H3. The zero-order chi connectivity index (χ0) is 20.1. The molecular formula is C21H24N6O2. The zero-order valence-electron chi connectivity index (χ0n) is 16.4. The topological polar surface area (TPSA) is 76.4 Å². The summed E-state index contributed by atoms with van der Waals surface area (Å²) in [6, 6.07) is 17.8. The predicted molar refractivity (Wildman–Crippen MR) is 108 cm³/mol. The van der Waals surface area contributed by atoms with Gasteiger partial charge in [-0.05, 0) is 35.0 Å². The van der Waals surface area contributed by atoms with Crippen LogP contribution in [0, 0.1) is 0 Å². The van der Waals surface area contributed by atoms with Gasteiger partial charge in [-0.1, -0.05) is 30.3 Å². The van der Waals surface area contributed by atoms with Crippen LogP contribution in [0.3, 0.4) is 0 Å². The second-order valence-electron chi connectivity index (χ2n) is 7.06. The van der Waals surface area contributed by atoms with Gasteiger partial charge < -0.3 is 9.64 Å². The molecule has 8 heteroatoms. The van der Waals surface area contributed by atoms with Gasteiger partial charge in [-0.15, -0.1) is 10.2 Å². The van der Waals surface area contributed by atoms with Crippen molar-refractivity contribution in [3.8, 4) is 17.1 Å². The molecule has 1 aromatic heterocycles. The molecule has 0 aliphatic carbocycles. The van der Waals surface area contributed by atoms with Gasteiger partial charge in [0.2, 0.25) is 5.82 Å². The Kier molecular flexibility index (Phi) is 5.81. The molecule has 0 N–H and O–H groups in total. The first kappa shape index (κ1) is 19.1. The monoisotopic (exact) mass is 392 g/mol. The number of carbonyl (C=O) groups excluding carboxylic acids is 1. The summed E-state index contributed by atoms with van der Waals surface area (Å²) in [5.41, 5.74) is 2.15. The predicted octanol–water partition coefficient (Wildman–Crippen LogP) is 1.60. The molecule has 150 valence electrons. The maximum atomic E-state index is 12.5. The number of aromatic nitrogens is 4. The van der Waals surface area contributed by atoms with E-state index in [2.05, 4.69) is 44.6 Å². The number of hydrogen-bond donors (Lipinski definition) is 0. The number of tetrazole rings is 1. The van der Waals surface area contributed by atoms with Crippen molar-refractivity contribution in [2.24, 2.45) is 7.05 Å². The molecule has 0 saturated carbocycles. The molecule has 2 aromatic carbocycles. The minimum absolute atomic E-state index is 0.0176. The summed E-state index contributed by atoms with van der Waals surface area (Å²) < 4.78 is 5.67. The lowest BCUT2D eigenvalue weighted by Crippen LogP contribution is -2.49. The van der Waals surface area contributed by atoms with Gasteiger partial charge in [-0.2, -0.15) is 4.80 Å².